The molecule has 0 N–H and O–H groups in total. The van der Waals surface area contributed by atoms with Crippen LogP contribution in [0, 0.1) is 0 Å². The van der Waals surface area contributed by atoms with Crippen molar-refractivity contribution in [2.75, 3.05) is 6.61 Å². The van der Waals surface area contributed by atoms with E-state index in [1.54, 1.807) is 0 Å². The molecule has 0 amide bonds. The lowest BCUT2D eigenvalue weighted by molar-refractivity contribution is 0.332. The number of aromatic nitrogens is 2. The first kappa shape index (κ1) is 13.1. The Kier molecular flexibility index (Phi) is 3.00. The highest BCUT2D eigenvalue weighted by atomic mass is 16.5. The van der Waals surface area contributed by atoms with Gasteiger partial charge in [0.15, 0.2) is 0 Å². The van der Waals surface area contributed by atoms with Gasteiger partial charge in [-0.15, -0.1) is 0 Å². The Morgan fingerprint density at radius 2 is 1.59 bits per heavy atom. The highest BCUT2D eigenvalue weighted by Crippen LogP contribution is 2.37. The van der Waals surface area contributed by atoms with E-state index in [1.165, 1.54) is 21.7 Å². The van der Waals surface area contributed by atoms with Crippen LogP contribution in [0.25, 0.3) is 32.7 Å². The molecule has 0 aliphatic carbocycles. The number of benzene rings is 2. The molecular formula is C19H18N2O. The lowest BCUT2D eigenvalue weighted by atomic mass is 10.1. The molecule has 0 saturated carbocycles. The molecule has 0 aliphatic heterocycles. The van der Waals surface area contributed by atoms with Gasteiger partial charge in [0, 0.05) is 22.7 Å². The summed E-state index contributed by atoms with van der Waals surface area (Å²) in [6.45, 7) is 5.66. The van der Waals surface area contributed by atoms with Crippen LogP contribution < -0.4 is 4.74 Å². The maximum Gasteiger partial charge on any atom is 0.223 e. The monoisotopic (exact) mass is 290 g/mol. The van der Waals surface area contributed by atoms with Crippen LogP contribution in [-0.4, -0.2) is 16.2 Å². The fourth-order valence-electron chi connectivity index (χ4n) is 3.28. The number of hydrogen-bond donors (Lipinski definition) is 0. The Hall–Kier alpha value is -2.55. The summed E-state index contributed by atoms with van der Waals surface area (Å²) in [7, 11) is 0. The topological polar surface area (TPSA) is 27.1 Å². The molecule has 22 heavy (non-hydrogen) atoms. The summed E-state index contributed by atoms with van der Waals surface area (Å²) < 4.78 is 8.06. The molecule has 3 heteroatoms. The molecule has 0 aliphatic rings. The van der Waals surface area contributed by atoms with E-state index in [1.807, 2.05) is 13.0 Å². The SMILES string of the molecule is CCOc1nc2c(c3ccccc13)c1ccccc1n2CC. The van der Waals surface area contributed by atoms with Gasteiger partial charge in [0.25, 0.3) is 0 Å². The summed E-state index contributed by atoms with van der Waals surface area (Å²) in [5.41, 5.74) is 2.23. The van der Waals surface area contributed by atoms with Crippen LogP contribution in [0.2, 0.25) is 0 Å². The average molecular weight is 290 g/mol. The summed E-state index contributed by atoms with van der Waals surface area (Å²) in [6.07, 6.45) is 0. The van der Waals surface area contributed by atoms with Crippen LogP contribution >= 0.6 is 0 Å². The third-order valence-electron chi connectivity index (χ3n) is 4.18. The number of rotatable bonds is 3. The van der Waals surface area contributed by atoms with Crippen molar-refractivity contribution < 1.29 is 4.74 Å². The van der Waals surface area contributed by atoms with Gasteiger partial charge in [-0.1, -0.05) is 36.4 Å². The van der Waals surface area contributed by atoms with Gasteiger partial charge in [-0.05, 0) is 31.4 Å². The number of aryl methyl sites for hydroxylation is 1. The first-order chi connectivity index (χ1) is 10.8. The van der Waals surface area contributed by atoms with Crippen LogP contribution in [-0.2, 0) is 6.54 Å². The lowest BCUT2D eigenvalue weighted by Gasteiger charge is -2.09. The van der Waals surface area contributed by atoms with E-state index in [9.17, 15) is 0 Å². The second-order valence-electron chi connectivity index (χ2n) is 5.36. The molecule has 2 aromatic heterocycles. The minimum Gasteiger partial charge on any atom is -0.477 e. The highest BCUT2D eigenvalue weighted by molar-refractivity contribution is 6.20. The van der Waals surface area contributed by atoms with Crippen molar-refractivity contribution >= 4 is 32.7 Å². The molecule has 110 valence electrons. The molecule has 0 unspecified atom stereocenters. The van der Waals surface area contributed by atoms with E-state index < -0.39 is 0 Å². The fourth-order valence-corrected chi connectivity index (χ4v) is 3.28. The van der Waals surface area contributed by atoms with E-state index in [0.29, 0.717) is 6.61 Å². The van der Waals surface area contributed by atoms with Crippen LogP contribution in [0.5, 0.6) is 5.88 Å². The molecule has 2 heterocycles. The van der Waals surface area contributed by atoms with Crippen molar-refractivity contribution in [3.05, 3.63) is 48.5 Å². The molecule has 2 aromatic carbocycles. The maximum absolute atomic E-state index is 5.80. The summed E-state index contributed by atoms with van der Waals surface area (Å²) in [6, 6.07) is 16.9. The zero-order valence-electron chi connectivity index (χ0n) is 12.8. The van der Waals surface area contributed by atoms with Crippen LogP contribution in [0.3, 0.4) is 0 Å². The van der Waals surface area contributed by atoms with Gasteiger partial charge in [0.05, 0.1) is 12.1 Å². The molecule has 3 nitrogen and oxygen atoms in total. The first-order valence-corrected chi connectivity index (χ1v) is 7.77. The fraction of sp³-hybridized carbons (Fsp3) is 0.211. The largest absolute Gasteiger partial charge is 0.477 e. The van der Waals surface area contributed by atoms with Crippen molar-refractivity contribution in [1.29, 1.82) is 0 Å². The van der Waals surface area contributed by atoms with Gasteiger partial charge in [-0.25, -0.2) is 0 Å². The average Bonchev–Trinajstić information content (AvgIpc) is 2.89. The Labute approximate surface area is 129 Å². The minimum atomic E-state index is 0.620. The third kappa shape index (κ3) is 1.72. The van der Waals surface area contributed by atoms with E-state index in [4.69, 9.17) is 9.72 Å². The molecule has 0 spiro atoms. The zero-order valence-corrected chi connectivity index (χ0v) is 12.8. The summed E-state index contributed by atoms with van der Waals surface area (Å²) in [4.78, 5) is 4.84. The van der Waals surface area contributed by atoms with Crippen molar-refractivity contribution in [2.45, 2.75) is 20.4 Å². The van der Waals surface area contributed by atoms with E-state index in [0.717, 1.165) is 23.5 Å². The third-order valence-corrected chi connectivity index (χ3v) is 4.18. The first-order valence-electron chi connectivity index (χ1n) is 7.77. The van der Waals surface area contributed by atoms with Gasteiger partial charge in [-0.3, -0.25) is 0 Å². The number of nitrogens with zero attached hydrogens (tertiary/aromatic N) is 2. The molecule has 4 aromatic rings. The van der Waals surface area contributed by atoms with Crippen molar-refractivity contribution in [3.63, 3.8) is 0 Å². The van der Waals surface area contributed by atoms with E-state index >= 15 is 0 Å². The molecule has 0 atom stereocenters. The van der Waals surface area contributed by atoms with Crippen LogP contribution in [0.4, 0.5) is 0 Å². The smallest absolute Gasteiger partial charge is 0.223 e. The normalized spacial score (nSPS) is 11.5. The molecule has 0 radical (unpaired) electrons. The number of ether oxygens (including phenoxy) is 1. The quantitative estimate of drug-likeness (QED) is 0.544. The van der Waals surface area contributed by atoms with Crippen molar-refractivity contribution in [3.8, 4) is 5.88 Å². The van der Waals surface area contributed by atoms with Crippen molar-refractivity contribution in [2.24, 2.45) is 0 Å². The minimum absolute atomic E-state index is 0.620. The molecule has 4 rings (SSSR count). The Morgan fingerprint density at radius 3 is 2.32 bits per heavy atom. The van der Waals surface area contributed by atoms with Gasteiger partial charge in [-0.2, -0.15) is 4.98 Å². The summed E-state index contributed by atoms with van der Waals surface area (Å²) in [5.74, 6) is 0.725. The van der Waals surface area contributed by atoms with E-state index in [2.05, 4.69) is 54.0 Å². The zero-order chi connectivity index (χ0) is 15.1. The molecule has 0 saturated heterocycles. The van der Waals surface area contributed by atoms with Gasteiger partial charge in [0.2, 0.25) is 5.88 Å². The van der Waals surface area contributed by atoms with Gasteiger partial charge >= 0.3 is 0 Å². The Bertz CT molecular complexity index is 985. The predicted octanol–water partition coefficient (Wildman–Crippen LogP) is 4.76. The second-order valence-corrected chi connectivity index (χ2v) is 5.36. The number of fused-ring (bicyclic) bond motifs is 5. The van der Waals surface area contributed by atoms with Crippen molar-refractivity contribution in [1.82, 2.24) is 9.55 Å². The Balaban J connectivity index is 2.28. The van der Waals surface area contributed by atoms with E-state index in [-0.39, 0.29) is 0 Å². The standard InChI is InChI=1S/C19H18N2O/c1-3-21-16-12-8-7-11-15(16)17-13-9-5-6-10-14(13)19(22-4-2)20-18(17)21/h5-12H,3-4H2,1-2H3. The Morgan fingerprint density at radius 1 is 0.909 bits per heavy atom. The molecule has 0 fully saturated rings. The predicted molar refractivity (Wildman–Crippen MR) is 91.6 cm³/mol. The molecular weight excluding hydrogens is 272 g/mol. The number of pyridine rings is 1. The number of hydrogen-bond acceptors (Lipinski definition) is 2. The van der Waals surface area contributed by atoms with Crippen LogP contribution in [0.1, 0.15) is 13.8 Å². The second kappa shape index (κ2) is 5.02. The summed E-state index contributed by atoms with van der Waals surface area (Å²) in [5, 5.41) is 4.76. The molecule has 0 bridgehead atoms. The summed E-state index contributed by atoms with van der Waals surface area (Å²) >= 11 is 0. The van der Waals surface area contributed by atoms with Gasteiger partial charge < -0.3 is 9.30 Å². The van der Waals surface area contributed by atoms with Gasteiger partial charge in [0.1, 0.15) is 5.65 Å². The maximum atomic E-state index is 5.80. The lowest BCUT2D eigenvalue weighted by Crippen LogP contribution is -1.99. The highest BCUT2D eigenvalue weighted by Gasteiger charge is 2.16. The number of para-hydroxylation sites is 1. The van der Waals surface area contributed by atoms with Crippen LogP contribution in [0.15, 0.2) is 48.5 Å².